The smallest absolute Gasteiger partial charge is 0.231 e. The molecule has 0 heterocycles. The van der Waals surface area contributed by atoms with Gasteiger partial charge in [-0.15, -0.1) is 0 Å². The molecular formula is C15H21N3O2. The molecule has 4 N–H and O–H groups in total. The summed E-state index contributed by atoms with van der Waals surface area (Å²) in [4.78, 5) is 23.3. The first-order valence-corrected chi connectivity index (χ1v) is 6.87. The fourth-order valence-corrected chi connectivity index (χ4v) is 2.46. The van der Waals surface area contributed by atoms with Crippen molar-refractivity contribution >= 4 is 23.2 Å². The number of hydrogen-bond donors (Lipinski definition) is 3. The van der Waals surface area contributed by atoms with Gasteiger partial charge in [0.1, 0.15) is 0 Å². The van der Waals surface area contributed by atoms with Crippen LogP contribution in [0.15, 0.2) is 18.2 Å². The average molecular weight is 275 g/mol. The zero-order valence-electron chi connectivity index (χ0n) is 12.0. The molecule has 1 aromatic carbocycles. The van der Waals surface area contributed by atoms with Crippen molar-refractivity contribution in [3.05, 3.63) is 23.8 Å². The van der Waals surface area contributed by atoms with Gasteiger partial charge in [0.05, 0.1) is 5.41 Å². The van der Waals surface area contributed by atoms with Crippen molar-refractivity contribution in [2.45, 2.75) is 33.1 Å². The van der Waals surface area contributed by atoms with E-state index < -0.39 is 0 Å². The first-order valence-electron chi connectivity index (χ1n) is 6.87. The predicted octanol–water partition coefficient (Wildman–Crippen LogP) is 2.02. The number of rotatable bonds is 4. The van der Waals surface area contributed by atoms with Gasteiger partial charge in [0.15, 0.2) is 0 Å². The van der Waals surface area contributed by atoms with E-state index in [1.54, 1.807) is 12.1 Å². The molecule has 5 heteroatoms. The highest BCUT2D eigenvalue weighted by molar-refractivity contribution is 5.97. The maximum absolute atomic E-state index is 12.3. The summed E-state index contributed by atoms with van der Waals surface area (Å²) < 4.78 is 0. The Morgan fingerprint density at radius 2 is 2.00 bits per heavy atom. The number of hydrogen-bond acceptors (Lipinski definition) is 3. The molecule has 1 aliphatic carbocycles. The van der Waals surface area contributed by atoms with Crippen LogP contribution in [0.25, 0.3) is 0 Å². The normalized spacial score (nSPS) is 16.1. The van der Waals surface area contributed by atoms with Crippen molar-refractivity contribution in [1.82, 2.24) is 0 Å². The van der Waals surface area contributed by atoms with E-state index in [1.165, 1.54) is 6.92 Å². The number of nitrogens with two attached hydrogens (primary N) is 1. The van der Waals surface area contributed by atoms with E-state index >= 15 is 0 Å². The SMILES string of the molecule is CC(=O)Nc1ccc(NC(=O)C2(CN)CCC2)cc1C. The van der Waals surface area contributed by atoms with Crippen LogP contribution >= 0.6 is 0 Å². The van der Waals surface area contributed by atoms with E-state index in [1.807, 2.05) is 13.0 Å². The molecule has 2 amide bonds. The maximum atomic E-state index is 12.3. The van der Waals surface area contributed by atoms with Gasteiger partial charge >= 0.3 is 0 Å². The minimum Gasteiger partial charge on any atom is -0.329 e. The van der Waals surface area contributed by atoms with E-state index in [2.05, 4.69) is 10.6 Å². The zero-order valence-corrected chi connectivity index (χ0v) is 12.0. The Balaban J connectivity index is 2.08. The summed E-state index contributed by atoms with van der Waals surface area (Å²) in [5.41, 5.74) is 7.74. The summed E-state index contributed by atoms with van der Waals surface area (Å²) >= 11 is 0. The highest BCUT2D eigenvalue weighted by Crippen LogP contribution is 2.40. The molecule has 108 valence electrons. The van der Waals surface area contributed by atoms with Crippen LogP contribution in [0.2, 0.25) is 0 Å². The highest BCUT2D eigenvalue weighted by Gasteiger charge is 2.42. The standard InChI is InChI=1S/C15H21N3O2/c1-10-8-12(4-5-13(10)17-11(2)19)18-14(20)15(9-16)6-3-7-15/h4-5,8H,3,6-7,9,16H2,1-2H3,(H,17,19)(H,18,20). The fraction of sp³-hybridized carbons (Fsp3) is 0.467. The van der Waals surface area contributed by atoms with Crippen LogP contribution in [0.1, 0.15) is 31.7 Å². The summed E-state index contributed by atoms with van der Waals surface area (Å²) in [5, 5.41) is 5.67. The van der Waals surface area contributed by atoms with Gasteiger partial charge in [-0.2, -0.15) is 0 Å². The van der Waals surface area contributed by atoms with Crippen molar-refractivity contribution in [2.24, 2.45) is 11.1 Å². The second-order valence-electron chi connectivity index (χ2n) is 5.50. The van der Waals surface area contributed by atoms with Crippen LogP contribution in [-0.2, 0) is 9.59 Å². The average Bonchev–Trinajstić information content (AvgIpc) is 2.31. The molecule has 1 saturated carbocycles. The van der Waals surface area contributed by atoms with E-state index in [-0.39, 0.29) is 17.2 Å². The minimum atomic E-state index is -0.385. The van der Waals surface area contributed by atoms with Crippen molar-refractivity contribution < 1.29 is 9.59 Å². The molecular weight excluding hydrogens is 254 g/mol. The number of carbonyl (C=O) groups excluding carboxylic acids is 2. The first-order chi connectivity index (χ1) is 9.47. The van der Waals surface area contributed by atoms with Gasteiger partial charge in [0, 0.05) is 24.8 Å². The first kappa shape index (κ1) is 14.5. The molecule has 0 aliphatic heterocycles. The zero-order chi connectivity index (χ0) is 14.8. The number of nitrogens with one attached hydrogen (secondary N) is 2. The van der Waals surface area contributed by atoms with Gasteiger partial charge in [-0.1, -0.05) is 6.42 Å². The Morgan fingerprint density at radius 3 is 2.45 bits per heavy atom. The molecule has 0 radical (unpaired) electrons. The molecule has 5 nitrogen and oxygen atoms in total. The summed E-state index contributed by atoms with van der Waals surface area (Å²) in [7, 11) is 0. The lowest BCUT2D eigenvalue weighted by atomic mass is 9.68. The Labute approximate surface area is 118 Å². The number of carbonyl (C=O) groups is 2. The monoisotopic (exact) mass is 275 g/mol. The van der Waals surface area contributed by atoms with E-state index in [0.29, 0.717) is 6.54 Å². The molecule has 2 rings (SSSR count). The van der Waals surface area contributed by atoms with E-state index in [0.717, 1.165) is 36.2 Å². The lowest BCUT2D eigenvalue weighted by molar-refractivity contribution is -0.129. The van der Waals surface area contributed by atoms with Gasteiger partial charge in [-0.25, -0.2) is 0 Å². The van der Waals surface area contributed by atoms with Crippen LogP contribution in [0, 0.1) is 12.3 Å². The lowest BCUT2D eigenvalue weighted by Crippen LogP contribution is -2.47. The molecule has 0 saturated heterocycles. The van der Waals surface area contributed by atoms with Crippen LogP contribution in [-0.4, -0.2) is 18.4 Å². The van der Waals surface area contributed by atoms with Crippen LogP contribution < -0.4 is 16.4 Å². The molecule has 1 aliphatic rings. The molecule has 0 bridgehead atoms. The minimum absolute atomic E-state index is 0.00192. The molecule has 1 aromatic rings. The van der Waals surface area contributed by atoms with Crippen molar-refractivity contribution in [3.8, 4) is 0 Å². The van der Waals surface area contributed by atoms with Crippen LogP contribution in [0.5, 0.6) is 0 Å². The molecule has 0 spiro atoms. The van der Waals surface area contributed by atoms with Gasteiger partial charge in [0.25, 0.3) is 0 Å². The number of aryl methyl sites for hydroxylation is 1. The summed E-state index contributed by atoms with van der Waals surface area (Å²) in [5.74, 6) is -0.112. The topological polar surface area (TPSA) is 84.2 Å². The Kier molecular flexibility index (Phi) is 4.09. The van der Waals surface area contributed by atoms with E-state index in [4.69, 9.17) is 5.73 Å². The Hall–Kier alpha value is -1.88. The predicted molar refractivity (Wildman–Crippen MR) is 79.5 cm³/mol. The van der Waals surface area contributed by atoms with Gasteiger partial charge in [0.2, 0.25) is 11.8 Å². The van der Waals surface area contributed by atoms with Crippen molar-refractivity contribution in [2.75, 3.05) is 17.2 Å². The number of anilines is 2. The summed E-state index contributed by atoms with van der Waals surface area (Å²) in [6.07, 6.45) is 2.78. The molecule has 1 fully saturated rings. The fourth-order valence-electron chi connectivity index (χ4n) is 2.46. The van der Waals surface area contributed by atoms with Crippen molar-refractivity contribution in [1.29, 1.82) is 0 Å². The number of benzene rings is 1. The third-order valence-corrected chi connectivity index (χ3v) is 3.98. The molecule has 0 atom stereocenters. The molecule has 20 heavy (non-hydrogen) atoms. The second kappa shape index (κ2) is 5.63. The molecule has 0 unspecified atom stereocenters. The van der Waals surface area contributed by atoms with Gasteiger partial charge in [-0.05, 0) is 43.5 Å². The van der Waals surface area contributed by atoms with Crippen LogP contribution in [0.3, 0.4) is 0 Å². The second-order valence-corrected chi connectivity index (χ2v) is 5.50. The Bertz CT molecular complexity index is 530. The molecule has 0 aromatic heterocycles. The Morgan fingerprint density at radius 1 is 1.30 bits per heavy atom. The van der Waals surface area contributed by atoms with Crippen LogP contribution in [0.4, 0.5) is 11.4 Å². The van der Waals surface area contributed by atoms with E-state index in [9.17, 15) is 9.59 Å². The van der Waals surface area contributed by atoms with Gasteiger partial charge in [-0.3, -0.25) is 9.59 Å². The highest BCUT2D eigenvalue weighted by atomic mass is 16.2. The summed E-state index contributed by atoms with van der Waals surface area (Å²) in [6.45, 7) is 3.75. The largest absolute Gasteiger partial charge is 0.329 e. The quantitative estimate of drug-likeness (QED) is 0.786. The van der Waals surface area contributed by atoms with Gasteiger partial charge < -0.3 is 16.4 Å². The lowest BCUT2D eigenvalue weighted by Gasteiger charge is -2.39. The number of amides is 2. The third-order valence-electron chi connectivity index (χ3n) is 3.98. The van der Waals surface area contributed by atoms with Crippen molar-refractivity contribution in [3.63, 3.8) is 0 Å². The summed E-state index contributed by atoms with van der Waals surface area (Å²) in [6, 6.07) is 5.44. The maximum Gasteiger partial charge on any atom is 0.231 e. The third kappa shape index (κ3) is 2.82.